The SMILES string of the molecule is FC(F)(F)c1ccc(CSc2nnc3ccc(-c4ccco4)nn23)cc1. The third-order valence-corrected chi connectivity index (χ3v) is 4.65. The smallest absolute Gasteiger partial charge is 0.416 e. The first-order chi connectivity index (χ1) is 12.5. The van der Waals surface area contributed by atoms with Crippen LogP contribution in [0.4, 0.5) is 13.2 Å². The lowest BCUT2D eigenvalue weighted by atomic mass is 10.1. The van der Waals surface area contributed by atoms with Gasteiger partial charge in [0.05, 0.1) is 11.8 Å². The van der Waals surface area contributed by atoms with E-state index in [1.54, 1.807) is 35.0 Å². The summed E-state index contributed by atoms with van der Waals surface area (Å²) < 4.78 is 44.8. The number of rotatable bonds is 4. The van der Waals surface area contributed by atoms with E-state index in [0.717, 1.165) is 17.7 Å². The van der Waals surface area contributed by atoms with Crippen LogP contribution in [-0.4, -0.2) is 19.8 Å². The predicted octanol–water partition coefficient (Wildman–Crippen LogP) is 4.70. The van der Waals surface area contributed by atoms with Crippen molar-refractivity contribution in [3.05, 3.63) is 65.9 Å². The average molecular weight is 376 g/mol. The molecule has 0 spiro atoms. The number of nitrogens with zero attached hydrogens (tertiary/aromatic N) is 4. The Labute approximate surface area is 149 Å². The molecule has 0 saturated carbocycles. The van der Waals surface area contributed by atoms with Crippen LogP contribution in [-0.2, 0) is 11.9 Å². The van der Waals surface area contributed by atoms with E-state index < -0.39 is 11.7 Å². The van der Waals surface area contributed by atoms with Crippen molar-refractivity contribution < 1.29 is 17.6 Å². The highest BCUT2D eigenvalue weighted by atomic mass is 32.2. The van der Waals surface area contributed by atoms with Gasteiger partial charge >= 0.3 is 6.18 Å². The number of benzene rings is 1. The number of thioether (sulfide) groups is 1. The standard InChI is InChI=1S/C17H11F3N4OS/c18-17(19,20)12-5-3-11(4-6-12)10-26-16-22-21-15-8-7-13(23-24(15)16)14-2-1-9-25-14/h1-9H,10H2. The topological polar surface area (TPSA) is 56.2 Å². The highest BCUT2D eigenvalue weighted by molar-refractivity contribution is 7.98. The van der Waals surface area contributed by atoms with Gasteiger partial charge in [0.25, 0.3) is 0 Å². The monoisotopic (exact) mass is 376 g/mol. The molecule has 26 heavy (non-hydrogen) atoms. The Balaban J connectivity index is 1.55. The van der Waals surface area contributed by atoms with Crippen LogP contribution in [0.3, 0.4) is 0 Å². The zero-order valence-corrected chi connectivity index (χ0v) is 14.0. The molecule has 3 heterocycles. The molecule has 0 aliphatic rings. The average Bonchev–Trinajstić information content (AvgIpc) is 3.29. The Hall–Kier alpha value is -2.81. The van der Waals surface area contributed by atoms with Crippen molar-refractivity contribution in [1.82, 2.24) is 19.8 Å². The molecule has 0 bridgehead atoms. The summed E-state index contributed by atoms with van der Waals surface area (Å²) in [6, 6.07) is 12.2. The fourth-order valence-corrected chi connectivity index (χ4v) is 3.20. The first-order valence-corrected chi connectivity index (χ1v) is 8.54. The number of alkyl halides is 3. The van der Waals surface area contributed by atoms with Gasteiger partial charge in [-0.1, -0.05) is 23.9 Å². The van der Waals surface area contributed by atoms with Crippen LogP contribution in [0.2, 0.25) is 0 Å². The van der Waals surface area contributed by atoms with E-state index in [4.69, 9.17) is 4.42 Å². The summed E-state index contributed by atoms with van der Waals surface area (Å²) in [5.74, 6) is 1.07. The van der Waals surface area contributed by atoms with Gasteiger partial charge in [-0.15, -0.1) is 10.2 Å². The van der Waals surface area contributed by atoms with E-state index in [1.807, 2.05) is 0 Å². The summed E-state index contributed by atoms with van der Waals surface area (Å²) in [6.07, 6.45) is -2.77. The molecular weight excluding hydrogens is 365 g/mol. The maximum atomic E-state index is 12.6. The summed E-state index contributed by atoms with van der Waals surface area (Å²) in [7, 11) is 0. The molecule has 4 aromatic rings. The molecule has 1 aromatic carbocycles. The van der Waals surface area contributed by atoms with Crippen molar-refractivity contribution in [2.45, 2.75) is 17.1 Å². The van der Waals surface area contributed by atoms with Crippen molar-refractivity contribution in [2.75, 3.05) is 0 Å². The Morgan fingerprint density at radius 2 is 1.81 bits per heavy atom. The molecule has 0 aliphatic carbocycles. The summed E-state index contributed by atoms with van der Waals surface area (Å²) in [5.41, 5.74) is 1.31. The Morgan fingerprint density at radius 1 is 1.00 bits per heavy atom. The molecule has 3 aromatic heterocycles. The van der Waals surface area contributed by atoms with Gasteiger partial charge in [0.1, 0.15) is 5.69 Å². The van der Waals surface area contributed by atoms with Crippen molar-refractivity contribution in [1.29, 1.82) is 0 Å². The largest absolute Gasteiger partial charge is 0.463 e. The minimum absolute atomic E-state index is 0.450. The second-order valence-electron chi connectivity index (χ2n) is 5.43. The Bertz CT molecular complexity index is 1030. The zero-order valence-electron chi connectivity index (χ0n) is 13.1. The maximum Gasteiger partial charge on any atom is 0.416 e. The first kappa shape index (κ1) is 16.6. The van der Waals surface area contributed by atoms with Crippen LogP contribution in [0.1, 0.15) is 11.1 Å². The molecule has 0 saturated heterocycles. The lowest BCUT2D eigenvalue weighted by molar-refractivity contribution is -0.137. The molecule has 0 amide bonds. The van der Waals surface area contributed by atoms with E-state index >= 15 is 0 Å². The highest BCUT2D eigenvalue weighted by Crippen LogP contribution is 2.30. The molecule has 0 fully saturated rings. The quantitative estimate of drug-likeness (QED) is 0.484. The summed E-state index contributed by atoms with van der Waals surface area (Å²) in [4.78, 5) is 0. The van der Waals surface area contributed by atoms with Gasteiger partial charge in [-0.3, -0.25) is 0 Å². The van der Waals surface area contributed by atoms with Gasteiger partial charge < -0.3 is 4.42 Å². The number of aromatic nitrogens is 4. The van der Waals surface area contributed by atoms with Crippen LogP contribution < -0.4 is 0 Å². The van der Waals surface area contributed by atoms with Crippen LogP contribution in [0.15, 0.2) is 64.4 Å². The molecular formula is C17H11F3N4OS. The van der Waals surface area contributed by atoms with Gasteiger partial charge in [0, 0.05) is 5.75 Å². The van der Waals surface area contributed by atoms with Crippen molar-refractivity contribution >= 4 is 17.4 Å². The Morgan fingerprint density at radius 3 is 2.50 bits per heavy atom. The molecule has 4 rings (SSSR count). The Kier molecular flexibility index (Phi) is 4.15. The minimum atomic E-state index is -4.33. The number of hydrogen-bond acceptors (Lipinski definition) is 5. The number of fused-ring (bicyclic) bond motifs is 1. The summed E-state index contributed by atoms with van der Waals surface area (Å²) in [5, 5.41) is 13.2. The zero-order chi connectivity index (χ0) is 18.1. The second kappa shape index (κ2) is 6.49. The van der Waals surface area contributed by atoms with Crippen LogP contribution >= 0.6 is 11.8 Å². The summed E-state index contributed by atoms with van der Waals surface area (Å²) in [6.45, 7) is 0. The van der Waals surface area contributed by atoms with E-state index in [-0.39, 0.29) is 0 Å². The molecule has 9 heteroatoms. The number of hydrogen-bond donors (Lipinski definition) is 0. The summed E-state index contributed by atoms with van der Waals surface area (Å²) >= 11 is 1.34. The number of halogens is 3. The second-order valence-corrected chi connectivity index (χ2v) is 6.37. The maximum absolute atomic E-state index is 12.6. The van der Waals surface area contributed by atoms with Gasteiger partial charge in [-0.2, -0.15) is 22.8 Å². The van der Waals surface area contributed by atoms with Gasteiger partial charge in [0.2, 0.25) is 5.16 Å². The molecule has 0 aliphatic heterocycles. The van der Waals surface area contributed by atoms with Crippen LogP contribution in [0.5, 0.6) is 0 Å². The first-order valence-electron chi connectivity index (χ1n) is 7.56. The minimum Gasteiger partial charge on any atom is -0.463 e. The van der Waals surface area contributed by atoms with Gasteiger partial charge in [0.15, 0.2) is 11.4 Å². The van der Waals surface area contributed by atoms with E-state index in [2.05, 4.69) is 15.3 Å². The third kappa shape index (κ3) is 3.30. The normalized spacial score (nSPS) is 12.0. The van der Waals surface area contributed by atoms with Crippen molar-refractivity contribution in [2.24, 2.45) is 0 Å². The lowest BCUT2D eigenvalue weighted by Crippen LogP contribution is -2.04. The van der Waals surface area contributed by atoms with E-state index in [1.165, 1.54) is 23.9 Å². The van der Waals surface area contributed by atoms with E-state index in [9.17, 15) is 13.2 Å². The fraction of sp³-hybridized carbons (Fsp3) is 0.118. The van der Waals surface area contributed by atoms with Gasteiger partial charge in [-0.25, -0.2) is 0 Å². The predicted molar refractivity (Wildman–Crippen MR) is 89.5 cm³/mol. The molecule has 0 unspecified atom stereocenters. The third-order valence-electron chi connectivity index (χ3n) is 3.66. The lowest BCUT2D eigenvalue weighted by Gasteiger charge is -2.07. The molecule has 0 atom stereocenters. The number of furan rings is 1. The fourth-order valence-electron chi connectivity index (χ4n) is 2.35. The molecule has 132 valence electrons. The van der Waals surface area contributed by atoms with E-state index in [0.29, 0.717) is 28.0 Å². The highest BCUT2D eigenvalue weighted by Gasteiger charge is 2.29. The van der Waals surface area contributed by atoms with Gasteiger partial charge in [-0.05, 0) is 42.0 Å². The van der Waals surface area contributed by atoms with Crippen LogP contribution in [0.25, 0.3) is 17.1 Å². The van der Waals surface area contributed by atoms with Crippen molar-refractivity contribution in [3.8, 4) is 11.5 Å². The van der Waals surface area contributed by atoms with Crippen molar-refractivity contribution in [3.63, 3.8) is 0 Å². The van der Waals surface area contributed by atoms with Crippen LogP contribution in [0, 0.1) is 0 Å². The molecule has 5 nitrogen and oxygen atoms in total. The molecule has 0 radical (unpaired) electrons. The molecule has 0 N–H and O–H groups in total.